The Bertz CT molecular complexity index is 502. The third kappa shape index (κ3) is 2.43. The largest absolute Gasteiger partial charge is 0.379 e. The van der Waals surface area contributed by atoms with Crippen LogP contribution in [0.15, 0.2) is 18.3 Å². The first-order valence-corrected chi connectivity index (χ1v) is 7.01. The standard InChI is InChI=1S/C15H20N2O3/c1-11-3-4-12(8-16-11)14(18)17-6-5-15(10-17)7-13(19-2)9-20-15/h3-4,8,13H,5-7,9-10H2,1-2H3/t13-,15+/m0/s1. The number of hydrogen-bond donors (Lipinski definition) is 0. The third-order valence-electron chi connectivity index (χ3n) is 4.27. The lowest BCUT2D eigenvalue weighted by Crippen LogP contribution is -2.36. The molecule has 2 saturated heterocycles. The maximum absolute atomic E-state index is 12.4. The molecule has 5 nitrogen and oxygen atoms in total. The first-order valence-electron chi connectivity index (χ1n) is 7.01. The third-order valence-corrected chi connectivity index (χ3v) is 4.27. The van der Waals surface area contributed by atoms with E-state index in [4.69, 9.17) is 9.47 Å². The van der Waals surface area contributed by atoms with Gasteiger partial charge < -0.3 is 14.4 Å². The van der Waals surface area contributed by atoms with E-state index in [2.05, 4.69) is 4.98 Å². The minimum atomic E-state index is -0.200. The monoisotopic (exact) mass is 276 g/mol. The molecule has 0 aliphatic carbocycles. The van der Waals surface area contributed by atoms with Crippen molar-refractivity contribution < 1.29 is 14.3 Å². The molecule has 1 aromatic rings. The van der Waals surface area contributed by atoms with E-state index >= 15 is 0 Å². The lowest BCUT2D eigenvalue weighted by molar-refractivity contribution is 0.00702. The van der Waals surface area contributed by atoms with Crippen LogP contribution < -0.4 is 0 Å². The number of amides is 1. The topological polar surface area (TPSA) is 51.7 Å². The van der Waals surface area contributed by atoms with Crippen molar-refractivity contribution in [2.45, 2.75) is 31.5 Å². The van der Waals surface area contributed by atoms with Gasteiger partial charge in [0.2, 0.25) is 0 Å². The van der Waals surface area contributed by atoms with Crippen LogP contribution in [-0.2, 0) is 9.47 Å². The van der Waals surface area contributed by atoms with Crippen molar-refractivity contribution in [2.75, 3.05) is 26.8 Å². The normalized spacial score (nSPS) is 29.3. The summed E-state index contributed by atoms with van der Waals surface area (Å²) in [5.74, 6) is 0.0406. The number of methoxy groups -OCH3 is 1. The summed E-state index contributed by atoms with van der Waals surface area (Å²) in [6, 6.07) is 3.70. The van der Waals surface area contributed by atoms with Gasteiger partial charge in [-0.15, -0.1) is 0 Å². The second-order valence-corrected chi connectivity index (χ2v) is 5.72. The highest BCUT2D eigenvalue weighted by Gasteiger charge is 2.46. The second-order valence-electron chi connectivity index (χ2n) is 5.72. The summed E-state index contributed by atoms with van der Waals surface area (Å²) in [7, 11) is 1.71. The minimum absolute atomic E-state index is 0.0406. The Kier molecular flexibility index (Phi) is 3.48. The van der Waals surface area contributed by atoms with Crippen molar-refractivity contribution in [2.24, 2.45) is 0 Å². The predicted molar refractivity (Wildman–Crippen MR) is 73.6 cm³/mol. The van der Waals surface area contributed by atoms with E-state index < -0.39 is 0 Å². The van der Waals surface area contributed by atoms with Gasteiger partial charge in [-0.25, -0.2) is 0 Å². The smallest absolute Gasteiger partial charge is 0.255 e. The summed E-state index contributed by atoms with van der Waals surface area (Å²) in [6.45, 7) is 3.93. The molecular formula is C15H20N2O3. The zero-order chi connectivity index (χ0) is 14.2. The Labute approximate surface area is 118 Å². The van der Waals surface area contributed by atoms with Gasteiger partial charge in [-0.3, -0.25) is 9.78 Å². The van der Waals surface area contributed by atoms with Crippen molar-refractivity contribution >= 4 is 5.91 Å². The van der Waals surface area contributed by atoms with Gasteiger partial charge in [-0.1, -0.05) is 0 Å². The molecule has 0 unspecified atom stereocenters. The molecule has 1 aromatic heterocycles. The lowest BCUT2D eigenvalue weighted by Gasteiger charge is -2.23. The number of ether oxygens (including phenoxy) is 2. The van der Waals surface area contributed by atoms with E-state index in [-0.39, 0.29) is 17.6 Å². The fourth-order valence-corrected chi connectivity index (χ4v) is 3.03. The van der Waals surface area contributed by atoms with Crippen molar-refractivity contribution in [1.82, 2.24) is 9.88 Å². The van der Waals surface area contributed by atoms with Crippen molar-refractivity contribution in [3.05, 3.63) is 29.6 Å². The summed E-state index contributed by atoms with van der Waals surface area (Å²) < 4.78 is 11.3. The van der Waals surface area contributed by atoms with Crippen LogP contribution in [0.25, 0.3) is 0 Å². The lowest BCUT2D eigenvalue weighted by atomic mass is 9.98. The second kappa shape index (κ2) is 5.14. The molecule has 2 aliphatic rings. The van der Waals surface area contributed by atoms with Crippen LogP contribution in [0, 0.1) is 6.92 Å². The van der Waals surface area contributed by atoms with Crippen LogP contribution in [0.4, 0.5) is 0 Å². The maximum atomic E-state index is 12.4. The van der Waals surface area contributed by atoms with Crippen LogP contribution in [0.2, 0.25) is 0 Å². The molecule has 108 valence electrons. The molecule has 2 fully saturated rings. The molecule has 2 atom stereocenters. The van der Waals surface area contributed by atoms with E-state index in [0.717, 1.165) is 25.1 Å². The summed E-state index contributed by atoms with van der Waals surface area (Å²) in [6.07, 6.45) is 3.57. The molecule has 0 N–H and O–H groups in total. The number of aryl methyl sites for hydroxylation is 1. The van der Waals surface area contributed by atoms with E-state index in [1.807, 2.05) is 24.0 Å². The number of carbonyl (C=O) groups is 1. The van der Waals surface area contributed by atoms with Gasteiger partial charge in [-0.2, -0.15) is 0 Å². The molecule has 1 amide bonds. The Hall–Kier alpha value is -1.46. The highest BCUT2D eigenvalue weighted by molar-refractivity contribution is 5.94. The molecule has 1 spiro atoms. The molecule has 20 heavy (non-hydrogen) atoms. The van der Waals surface area contributed by atoms with Gasteiger partial charge in [-0.05, 0) is 25.5 Å². The summed E-state index contributed by atoms with van der Waals surface area (Å²) >= 11 is 0. The summed E-state index contributed by atoms with van der Waals surface area (Å²) in [5.41, 5.74) is 1.37. The Morgan fingerprint density at radius 1 is 1.55 bits per heavy atom. The zero-order valence-electron chi connectivity index (χ0n) is 12.0. The Morgan fingerprint density at radius 2 is 2.40 bits per heavy atom. The molecule has 5 heteroatoms. The van der Waals surface area contributed by atoms with Gasteiger partial charge in [0.15, 0.2) is 0 Å². The molecule has 0 radical (unpaired) electrons. The fraction of sp³-hybridized carbons (Fsp3) is 0.600. The minimum Gasteiger partial charge on any atom is -0.379 e. The number of aromatic nitrogens is 1. The number of likely N-dealkylation sites (tertiary alicyclic amines) is 1. The van der Waals surface area contributed by atoms with Gasteiger partial charge in [0, 0.05) is 32.0 Å². The van der Waals surface area contributed by atoms with Gasteiger partial charge in [0.05, 0.1) is 30.4 Å². The molecule has 2 aliphatic heterocycles. The zero-order valence-corrected chi connectivity index (χ0v) is 12.0. The maximum Gasteiger partial charge on any atom is 0.255 e. The first-order chi connectivity index (χ1) is 9.62. The molecule has 0 bridgehead atoms. The predicted octanol–water partition coefficient (Wildman–Crippen LogP) is 1.41. The van der Waals surface area contributed by atoms with Gasteiger partial charge in [0.25, 0.3) is 5.91 Å². The van der Waals surface area contributed by atoms with Crippen LogP contribution >= 0.6 is 0 Å². The molecule has 3 heterocycles. The first kappa shape index (κ1) is 13.5. The van der Waals surface area contributed by atoms with E-state index in [9.17, 15) is 4.79 Å². The molecular weight excluding hydrogens is 256 g/mol. The van der Waals surface area contributed by atoms with Gasteiger partial charge in [0.1, 0.15) is 0 Å². The fourth-order valence-electron chi connectivity index (χ4n) is 3.03. The quantitative estimate of drug-likeness (QED) is 0.819. The van der Waals surface area contributed by atoms with E-state index in [0.29, 0.717) is 18.7 Å². The highest BCUT2D eigenvalue weighted by atomic mass is 16.6. The number of carbonyl (C=O) groups excluding carboxylic acids is 1. The number of pyridine rings is 1. The summed E-state index contributed by atoms with van der Waals surface area (Å²) in [5, 5.41) is 0. The molecule has 0 aromatic carbocycles. The average Bonchev–Trinajstić information content (AvgIpc) is 3.07. The van der Waals surface area contributed by atoms with Crippen LogP contribution in [0.3, 0.4) is 0 Å². The van der Waals surface area contributed by atoms with Gasteiger partial charge >= 0.3 is 0 Å². The Balaban J connectivity index is 1.68. The van der Waals surface area contributed by atoms with Crippen molar-refractivity contribution in [1.29, 1.82) is 0 Å². The van der Waals surface area contributed by atoms with Crippen LogP contribution in [0.5, 0.6) is 0 Å². The number of nitrogens with zero attached hydrogens (tertiary/aromatic N) is 2. The molecule has 3 rings (SSSR count). The van der Waals surface area contributed by atoms with Crippen LogP contribution in [-0.4, -0.2) is 54.3 Å². The van der Waals surface area contributed by atoms with Crippen molar-refractivity contribution in [3.63, 3.8) is 0 Å². The SMILES string of the molecule is CO[C@@H]1CO[C@]2(CCN(C(=O)c3ccc(C)nc3)C2)C1. The Morgan fingerprint density at radius 3 is 3.05 bits per heavy atom. The average molecular weight is 276 g/mol. The van der Waals surface area contributed by atoms with Crippen LogP contribution in [0.1, 0.15) is 28.9 Å². The number of hydrogen-bond acceptors (Lipinski definition) is 4. The van der Waals surface area contributed by atoms with Crippen molar-refractivity contribution in [3.8, 4) is 0 Å². The van der Waals surface area contributed by atoms with E-state index in [1.165, 1.54) is 0 Å². The molecule has 0 saturated carbocycles. The van der Waals surface area contributed by atoms with E-state index in [1.54, 1.807) is 13.3 Å². The highest BCUT2D eigenvalue weighted by Crippen LogP contribution is 2.36. The number of rotatable bonds is 2. The summed E-state index contributed by atoms with van der Waals surface area (Å²) in [4.78, 5) is 18.5.